The van der Waals surface area contributed by atoms with Crippen molar-refractivity contribution in [1.29, 1.82) is 0 Å². The van der Waals surface area contributed by atoms with E-state index in [0.717, 1.165) is 27.6 Å². The average molecular weight is 439 g/mol. The van der Waals surface area contributed by atoms with Crippen molar-refractivity contribution in [1.82, 2.24) is 0 Å². The van der Waals surface area contributed by atoms with Crippen molar-refractivity contribution < 1.29 is 9.53 Å². The molecule has 4 aromatic carbocycles. The van der Waals surface area contributed by atoms with Crippen molar-refractivity contribution in [2.24, 2.45) is 4.99 Å². The van der Waals surface area contributed by atoms with Gasteiger partial charge in [0.05, 0.1) is 12.8 Å². The predicted molar refractivity (Wildman–Crippen MR) is 130 cm³/mol. The second-order valence-corrected chi connectivity index (χ2v) is 7.82. The number of hydrogen-bond donors (Lipinski definition) is 0. The standard InChI is InChI=1S/C27H19ClN2O2/c1-32-23-15-9-19(10-16-23)26-29-25(27(31)30(26)22-13-11-21(28)12-14-22)17-20-7-4-6-18-5-2-3-8-24(18)20/h2-17H,1H3/b25-17+. The van der Waals surface area contributed by atoms with Crippen LogP contribution in [0.4, 0.5) is 5.69 Å². The lowest BCUT2D eigenvalue weighted by atomic mass is 10.0. The number of rotatable bonds is 4. The first-order valence-electron chi connectivity index (χ1n) is 10.2. The zero-order chi connectivity index (χ0) is 22.1. The Morgan fingerprint density at radius 2 is 1.59 bits per heavy atom. The number of carbonyl (C=O) groups excluding carboxylic acids is 1. The van der Waals surface area contributed by atoms with Crippen LogP contribution in [-0.4, -0.2) is 18.9 Å². The number of amidine groups is 1. The molecule has 1 heterocycles. The first kappa shape index (κ1) is 20.0. The van der Waals surface area contributed by atoms with E-state index in [1.807, 2.05) is 72.8 Å². The minimum absolute atomic E-state index is 0.189. The van der Waals surface area contributed by atoms with Gasteiger partial charge >= 0.3 is 0 Å². The van der Waals surface area contributed by atoms with Gasteiger partial charge < -0.3 is 4.74 Å². The van der Waals surface area contributed by atoms with Crippen molar-refractivity contribution in [3.05, 3.63) is 113 Å². The van der Waals surface area contributed by atoms with Crippen LogP contribution in [0.2, 0.25) is 5.02 Å². The SMILES string of the molecule is COc1ccc(C2=N/C(=C/c3cccc4ccccc34)C(=O)N2c2ccc(Cl)cc2)cc1. The van der Waals surface area contributed by atoms with Crippen LogP contribution in [0.15, 0.2) is 102 Å². The van der Waals surface area contributed by atoms with E-state index in [0.29, 0.717) is 22.2 Å². The number of amides is 1. The topological polar surface area (TPSA) is 41.9 Å². The molecule has 0 atom stereocenters. The van der Waals surface area contributed by atoms with Crippen molar-refractivity contribution in [2.75, 3.05) is 12.0 Å². The van der Waals surface area contributed by atoms with E-state index in [9.17, 15) is 4.79 Å². The van der Waals surface area contributed by atoms with Crippen LogP contribution in [0.25, 0.3) is 16.8 Å². The lowest BCUT2D eigenvalue weighted by Gasteiger charge is -2.18. The summed E-state index contributed by atoms with van der Waals surface area (Å²) < 4.78 is 5.27. The highest BCUT2D eigenvalue weighted by molar-refractivity contribution is 6.34. The number of hydrogen-bond acceptors (Lipinski definition) is 3. The third-order valence-electron chi connectivity index (χ3n) is 5.41. The Hall–Kier alpha value is -3.89. The molecule has 4 aromatic rings. The fraction of sp³-hybridized carbons (Fsp3) is 0.0370. The van der Waals surface area contributed by atoms with E-state index in [4.69, 9.17) is 21.3 Å². The monoisotopic (exact) mass is 438 g/mol. The van der Waals surface area contributed by atoms with Gasteiger partial charge in [-0.1, -0.05) is 54.1 Å². The Balaban J connectivity index is 1.64. The second-order valence-electron chi connectivity index (χ2n) is 7.38. The molecule has 4 nitrogen and oxygen atoms in total. The van der Waals surface area contributed by atoms with E-state index in [1.165, 1.54) is 0 Å². The summed E-state index contributed by atoms with van der Waals surface area (Å²) in [6.45, 7) is 0. The number of anilines is 1. The van der Waals surface area contributed by atoms with Gasteiger partial charge in [-0.2, -0.15) is 0 Å². The zero-order valence-corrected chi connectivity index (χ0v) is 18.1. The van der Waals surface area contributed by atoms with Gasteiger partial charge in [-0.05, 0) is 70.9 Å². The summed E-state index contributed by atoms with van der Waals surface area (Å²) in [5.74, 6) is 1.11. The Labute approximate surface area is 191 Å². The predicted octanol–water partition coefficient (Wildman–Crippen LogP) is 6.34. The lowest BCUT2D eigenvalue weighted by Crippen LogP contribution is -2.32. The maximum atomic E-state index is 13.5. The Kier molecular flexibility index (Phi) is 5.21. The largest absolute Gasteiger partial charge is 0.497 e. The first-order valence-corrected chi connectivity index (χ1v) is 10.5. The highest BCUT2D eigenvalue weighted by Gasteiger charge is 2.32. The maximum absolute atomic E-state index is 13.5. The minimum Gasteiger partial charge on any atom is -0.497 e. The normalized spacial score (nSPS) is 14.8. The van der Waals surface area contributed by atoms with Crippen LogP contribution in [0, 0.1) is 0 Å². The summed E-state index contributed by atoms with van der Waals surface area (Å²) in [6.07, 6.45) is 1.85. The van der Waals surface area contributed by atoms with Crippen molar-refractivity contribution in [3.8, 4) is 5.75 Å². The molecule has 0 saturated carbocycles. The summed E-state index contributed by atoms with van der Waals surface area (Å²) in [5, 5.41) is 2.79. The number of halogens is 1. The summed E-state index contributed by atoms with van der Waals surface area (Å²) in [7, 11) is 1.62. The van der Waals surface area contributed by atoms with Gasteiger partial charge in [0.25, 0.3) is 5.91 Å². The number of nitrogens with zero attached hydrogens (tertiary/aromatic N) is 2. The smallest absolute Gasteiger partial charge is 0.282 e. The number of carbonyl (C=O) groups is 1. The molecule has 1 amide bonds. The highest BCUT2D eigenvalue weighted by Crippen LogP contribution is 2.30. The Morgan fingerprint density at radius 3 is 2.34 bits per heavy atom. The molecule has 1 aliphatic heterocycles. The molecule has 1 aliphatic rings. The molecular weight excluding hydrogens is 420 g/mol. The second kappa shape index (κ2) is 8.33. The van der Waals surface area contributed by atoms with Crippen molar-refractivity contribution in [2.45, 2.75) is 0 Å². The molecule has 0 spiro atoms. The molecular formula is C27H19ClN2O2. The van der Waals surface area contributed by atoms with E-state index >= 15 is 0 Å². The van der Waals surface area contributed by atoms with Crippen molar-refractivity contribution >= 4 is 45.9 Å². The zero-order valence-electron chi connectivity index (χ0n) is 17.3. The van der Waals surface area contributed by atoms with Gasteiger partial charge in [0.1, 0.15) is 17.3 Å². The fourth-order valence-electron chi connectivity index (χ4n) is 3.80. The highest BCUT2D eigenvalue weighted by atomic mass is 35.5. The van der Waals surface area contributed by atoms with Crippen LogP contribution in [0.5, 0.6) is 5.75 Å². The number of fused-ring (bicyclic) bond motifs is 1. The van der Waals surface area contributed by atoms with E-state index < -0.39 is 0 Å². The fourth-order valence-corrected chi connectivity index (χ4v) is 3.93. The Bertz CT molecular complexity index is 1370. The molecule has 5 rings (SSSR count). The molecule has 5 heteroatoms. The molecule has 0 bridgehead atoms. The molecule has 156 valence electrons. The van der Waals surface area contributed by atoms with Crippen LogP contribution < -0.4 is 9.64 Å². The number of benzene rings is 4. The molecule has 0 aromatic heterocycles. The third kappa shape index (κ3) is 3.66. The number of aliphatic imine (C=N–C) groups is 1. The lowest BCUT2D eigenvalue weighted by molar-refractivity contribution is -0.113. The van der Waals surface area contributed by atoms with E-state index in [2.05, 4.69) is 12.1 Å². The van der Waals surface area contributed by atoms with Crippen LogP contribution in [-0.2, 0) is 4.79 Å². The number of ether oxygens (including phenoxy) is 1. The summed E-state index contributed by atoms with van der Waals surface area (Å²) in [4.78, 5) is 19.9. The van der Waals surface area contributed by atoms with Gasteiger partial charge in [0.2, 0.25) is 0 Å². The van der Waals surface area contributed by atoms with Gasteiger partial charge in [-0.25, -0.2) is 4.99 Å². The first-order chi connectivity index (χ1) is 15.6. The Morgan fingerprint density at radius 1 is 0.875 bits per heavy atom. The molecule has 0 N–H and O–H groups in total. The van der Waals surface area contributed by atoms with Crippen LogP contribution >= 0.6 is 11.6 Å². The van der Waals surface area contributed by atoms with Crippen LogP contribution in [0.3, 0.4) is 0 Å². The van der Waals surface area contributed by atoms with Gasteiger partial charge in [0.15, 0.2) is 0 Å². The average Bonchev–Trinajstić information content (AvgIpc) is 3.16. The van der Waals surface area contributed by atoms with Gasteiger partial charge in [-0.3, -0.25) is 9.69 Å². The molecule has 0 aliphatic carbocycles. The van der Waals surface area contributed by atoms with Crippen LogP contribution in [0.1, 0.15) is 11.1 Å². The van der Waals surface area contributed by atoms with E-state index in [-0.39, 0.29) is 5.91 Å². The van der Waals surface area contributed by atoms with E-state index in [1.54, 1.807) is 24.1 Å². The van der Waals surface area contributed by atoms with Gasteiger partial charge in [0, 0.05) is 10.6 Å². The molecule has 0 saturated heterocycles. The third-order valence-corrected chi connectivity index (χ3v) is 5.66. The molecule has 0 fully saturated rings. The molecule has 0 radical (unpaired) electrons. The minimum atomic E-state index is -0.189. The molecule has 32 heavy (non-hydrogen) atoms. The number of methoxy groups -OCH3 is 1. The maximum Gasteiger partial charge on any atom is 0.282 e. The summed E-state index contributed by atoms with van der Waals surface area (Å²) >= 11 is 6.07. The van der Waals surface area contributed by atoms with Gasteiger partial charge in [-0.15, -0.1) is 0 Å². The molecule has 0 unspecified atom stereocenters. The summed E-state index contributed by atoms with van der Waals surface area (Å²) in [5.41, 5.74) is 2.84. The quantitative estimate of drug-likeness (QED) is 0.349. The van der Waals surface area contributed by atoms with Crippen molar-refractivity contribution in [3.63, 3.8) is 0 Å². The summed E-state index contributed by atoms with van der Waals surface area (Å²) in [6, 6.07) is 28.8.